The Morgan fingerprint density at radius 1 is 1.42 bits per heavy atom. The van der Waals surface area contributed by atoms with Crippen LogP contribution < -0.4 is 10.1 Å². The minimum atomic E-state index is -4.17. The standard InChI is InChI=1S/C15H22N2O7S2/c1-11(19)16-12-3-4-14(24-2)15(9-12)26(22,23)17(6-7-18)13-5-8-25(20,21)10-13/h3-4,9,13,18H,5-8,10H2,1-2H3,(H,16,19)/t13-/m1/s1. The Morgan fingerprint density at radius 3 is 2.62 bits per heavy atom. The molecule has 146 valence electrons. The lowest BCUT2D eigenvalue weighted by Crippen LogP contribution is -2.42. The summed E-state index contributed by atoms with van der Waals surface area (Å²) < 4.78 is 56.0. The minimum Gasteiger partial charge on any atom is -0.495 e. The van der Waals surface area contributed by atoms with E-state index in [0.29, 0.717) is 0 Å². The number of nitrogens with one attached hydrogen (secondary N) is 1. The van der Waals surface area contributed by atoms with E-state index in [1.807, 2.05) is 0 Å². The topological polar surface area (TPSA) is 130 Å². The van der Waals surface area contributed by atoms with E-state index in [0.717, 1.165) is 4.31 Å². The van der Waals surface area contributed by atoms with Crippen molar-refractivity contribution in [2.75, 3.05) is 37.1 Å². The van der Waals surface area contributed by atoms with Crippen LogP contribution in [0.1, 0.15) is 13.3 Å². The maximum absolute atomic E-state index is 13.2. The maximum atomic E-state index is 13.2. The van der Waals surface area contributed by atoms with Gasteiger partial charge < -0.3 is 15.2 Å². The van der Waals surface area contributed by atoms with Gasteiger partial charge >= 0.3 is 0 Å². The number of methoxy groups -OCH3 is 1. The number of nitrogens with zero attached hydrogens (tertiary/aromatic N) is 1. The third kappa shape index (κ3) is 4.53. The number of aliphatic hydroxyl groups excluding tert-OH is 1. The quantitative estimate of drug-likeness (QED) is 0.642. The molecule has 0 spiro atoms. The second kappa shape index (κ2) is 7.91. The van der Waals surface area contributed by atoms with E-state index >= 15 is 0 Å². The molecule has 0 unspecified atom stereocenters. The number of amides is 1. The van der Waals surface area contributed by atoms with Crippen molar-refractivity contribution in [1.82, 2.24) is 4.31 Å². The van der Waals surface area contributed by atoms with Crippen molar-refractivity contribution < 1.29 is 31.5 Å². The molecule has 0 bridgehead atoms. The summed E-state index contributed by atoms with van der Waals surface area (Å²) in [4.78, 5) is 11.0. The van der Waals surface area contributed by atoms with E-state index in [1.165, 1.54) is 32.2 Å². The fraction of sp³-hybridized carbons (Fsp3) is 0.533. The lowest BCUT2D eigenvalue weighted by Gasteiger charge is -2.27. The maximum Gasteiger partial charge on any atom is 0.247 e. The number of sulfone groups is 1. The van der Waals surface area contributed by atoms with Crippen LogP contribution in [-0.4, -0.2) is 70.0 Å². The molecular weight excluding hydrogens is 384 g/mol. The molecule has 1 aromatic carbocycles. The minimum absolute atomic E-state index is 0.0582. The first-order valence-electron chi connectivity index (χ1n) is 7.89. The Balaban J connectivity index is 2.49. The SMILES string of the molecule is COc1ccc(NC(C)=O)cc1S(=O)(=O)N(CCO)[C@@H]1CCS(=O)(=O)C1. The molecule has 1 aliphatic heterocycles. The first kappa shape index (κ1) is 20.6. The monoisotopic (exact) mass is 406 g/mol. The molecule has 0 radical (unpaired) electrons. The van der Waals surface area contributed by atoms with E-state index in [4.69, 9.17) is 4.74 Å². The summed E-state index contributed by atoms with van der Waals surface area (Å²) in [5, 5.41) is 11.8. The number of ether oxygens (including phenoxy) is 1. The molecule has 0 aromatic heterocycles. The average Bonchev–Trinajstić information content (AvgIpc) is 2.91. The molecule has 0 saturated carbocycles. The van der Waals surface area contributed by atoms with Crippen molar-refractivity contribution in [1.29, 1.82) is 0 Å². The first-order valence-corrected chi connectivity index (χ1v) is 11.2. The van der Waals surface area contributed by atoms with Gasteiger partial charge in [0, 0.05) is 25.2 Å². The van der Waals surface area contributed by atoms with Crippen LogP contribution in [0.15, 0.2) is 23.1 Å². The van der Waals surface area contributed by atoms with Gasteiger partial charge in [-0.2, -0.15) is 4.31 Å². The lowest BCUT2D eigenvalue weighted by atomic mass is 10.3. The van der Waals surface area contributed by atoms with E-state index in [9.17, 15) is 26.7 Å². The zero-order valence-electron chi connectivity index (χ0n) is 14.5. The third-order valence-corrected chi connectivity index (χ3v) is 7.73. The molecule has 1 aromatic rings. The van der Waals surface area contributed by atoms with Gasteiger partial charge in [0.2, 0.25) is 15.9 Å². The van der Waals surface area contributed by atoms with Crippen LogP contribution in [0, 0.1) is 0 Å². The largest absolute Gasteiger partial charge is 0.495 e. The van der Waals surface area contributed by atoms with E-state index in [-0.39, 0.29) is 46.7 Å². The van der Waals surface area contributed by atoms with Crippen molar-refractivity contribution in [3.8, 4) is 5.75 Å². The number of sulfonamides is 1. The Morgan fingerprint density at radius 2 is 2.12 bits per heavy atom. The van der Waals surface area contributed by atoms with Gasteiger partial charge in [-0.25, -0.2) is 16.8 Å². The van der Waals surface area contributed by atoms with Crippen LogP contribution >= 0.6 is 0 Å². The van der Waals surface area contributed by atoms with E-state index in [2.05, 4.69) is 5.32 Å². The van der Waals surface area contributed by atoms with Crippen LogP contribution in [0.2, 0.25) is 0 Å². The third-order valence-electron chi connectivity index (χ3n) is 4.01. The molecule has 26 heavy (non-hydrogen) atoms. The molecule has 1 aliphatic rings. The summed E-state index contributed by atoms with van der Waals surface area (Å²) >= 11 is 0. The Labute approximate surface area is 152 Å². The number of aliphatic hydroxyl groups is 1. The second-order valence-electron chi connectivity index (χ2n) is 5.94. The van der Waals surface area contributed by atoms with Crippen molar-refractivity contribution in [3.63, 3.8) is 0 Å². The summed E-state index contributed by atoms with van der Waals surface area (Å²) in [5.74, 6) is -0.700. The molecule has 1 fully saturated rings. The molecule has 2 rings (SSSR count). The van der Waals surface area contributed by atoms with Gasteiger partial charge in [-0.1, -0.05) is 0 Å². The summed E-state index contributed by atoms with van der Waals surface area (Å²) in [5.41, 5.74) is 0.264. The Hall–Kier alpha value is -1.69. The number of carbonyl (C=O) groups is 1. The zero-order chi connectivity index (χ0) is 19.5. The molecule has 1 heterocycles. The second-order valence-corrected chi connectivity index (χ2v) is 10.0. The van der Waals surface area contributed by atoms with Gasteiger partial charge in [0.25, 0.3) is 0 Å². The van der Waals surface area contributed by atoms with Gasteiger partial charge in [-0.15, -0.1) is 0 Å². The number of hydrogen-bond acceptors (Lipinski definition) is 7. The molecule has 1 atom stereocenters. The van der Waals surface area contributed by atoms with Gasteiger partial charge in [0.1, 0.15) is 10.6 Å². The van der Waals surface area contributed by atoms with Gasteiger partial charge in [-0.3, -0.25) is 4.79 Å². The highest BCUT2D eigenvalue weighted by Crippen LogP contribution is 2.32. The molecule has 1 amide bonds. The molecule has 0 aliphatic carbocycles. The molecular formula is C15H22N2O7S2. The highest BCUT2D eigenvalue weighted by Gasteiger charge is 2.39. The Kier molecular flexibility index (Phi) is 6.27. The highest BCUT2D eigenvalue weighted by molar-refractivity contribution is 7.92. The Bertz CT molecular complexity index is 881. The van der Waals surface area contributed by atoms with E-state index < -0.39 is 32.5 Å². The number of rotatable bonds is 7. The normalized spacial score (nSPS) is 19.5. The van der Waals surface area contributed by atoms with Crippen LogP contribution in [0.3, 0.4) is 0 Å². The lowest BCUT2D eigenvalue weighted by molar-refractivity contribution is -0.114. The predicted molar refractivity (Wildman–Crippen MR) is 95.3 cm³/mol. The molecule has 9 nitrogen and oxygen atoms in total. The summed E-state index contributed by atoms with van der Waals surface area (Å²) in [6, 6.07) is 3.39. The number of hydrogen-bond donors (Lipinski definition) is 2. The zero-order valence-corrected chi connectivity index (χ0v) is 16.1. The fourth-order valence-electron chi connectivity index (χ4n) is 2.89. The van der Waals surface area contributed by atoms with Crippen LogP contribution in [-0.2, 0) is 24.7 Å². The van der Waals surface area contributed by atoms with Gasteiger partial charge in [0.15, 0.2) is 9.84 Å². The number of benzene rings is 1. The predicted octanol–water partition coefficient (Wildman–Crippen LogP) is -0.176. The van der Waals surface area contributed by atoms with Crippen molar-refractivity contribution in [3.05, 3.63) is 18.2 Å². The van der Waals surface area contributed by atoms with Crippen molar-refractivity contribution in [2.45, 2.75) is 24.3 Å². The first-order chi connectivity index (χ1) is 12.1. The van der Waals surface area contributed by atoms with Crippen molar-refractivity contribution >= 4 is 31.5 Å². The molecule has 11 heteroatoms. The number of carbonyl (C=O) groups excluding carboxylic acids is 1. The summed E-state index contributed by atoms with van der Waals surface area (Å²) in [7, 11) is -6.17. The number of anilines is 1. The van der Waals surface area contributed by atoms with Gasteiger partial charge in [0.05, 0.1) is 25.2 Å². The fourth-order valence-corrected chi connectivity index (χ4v) is 6.54. The van der Waals surface area contributed by atoms with Crippen LogP contribution in [0.5, 0.6) is 5.75 Å². The highest BCUT2D eigenvalue weighted by atomic mass is 32.2. The smallest absolute Gasteiger partial charge is 0.247 e. The molecule has 1 saturated heterocycles. The average molecular weight is 406 g/mol. The van der Waals surface area contributed by atoms with Crippen molar-refractivity contribution in [2.24, 2.45) is 0 Å². The summed E-state index contributed by atoms with van der Waals surface area (Å²) in [6.07, 6.45) is 0.162. The summed E-state index contributed by atoms with van der Waals surface area (Å²) in [6.45, 7) is 0.597. The molecule has 2 N–H and O–H groups in total. The van der Waals surface area contributed by atoms with Crippen LogP contribution in [0.25, 0.3) is 0 Å². The van der Waals surface area contributed by atoms with E-state index in [1.54, 1.807) is 0 Å². The van der Waals surface area contributed by atoms with Crippen LogP contribution in [0.4, 0.5) is 5.69 Å². The van der Waals surface area contributed by atoms with Gasteiger partial charge in [-0.05, 0) is 24.6 Å².